The van der Waals surface area contributed by atoms with Gasteiger partial charge >= 0.3 is 0 Å². The van der Waals surface area contributed by atoms with E-state index >= 15 is 0 Å². The Morgan fingerprint density at radius 3 is 0.883 bits per heavy atom. The van der Waals surface area contributed by atoms with Crippen molar-refractivity contribution >= 4 is 90.7 Å². The van der Waals surface area contributed by atoms with Crippen LogP contribution >= 0.6 is 0 Å². The van der Waals surface area contributed by atoms with Crippen LogP contribution in [0, 0.1) is 0 Å². The lowest BCUT2D eigenvalue weighted by atomic mass is 9.93. The van der Waals surface area contributed by atoms with E-state index in [0.717, 1.165) is 56.0 Å². The third kappa shape index (κ3) is 7.35. The molecule has 10 aromatic rings. The van der Waals surface area contributed by atoms with Gasteiger partial charge in [-0.25, -0.2) is 0 Å². The Morgan fingerprint density at radius 2 is 0.517 bits per heavy atom. The van der Waals surface area contributed by atoms with Crippen molar-refractivity contribution in [3.8, 4) is 0 Å². The fourth-order valence-electron chi connectivity index (χ4n) is 8.25. The van der Waals surface area contributed by atoms with E-state index in [9.17, 15) is 0 Å². The highest BCUT2D eigenvalue weighted by atomic mass is 15.2. The van der Waals surface area contributed by atoms with Gasteiger partial charge in [-0.1, -0.05) is 194 Å². The standard InChI is InChI=1S/C58H42N2/c1-5-17-43(18-6-1)29-31-45-33-37-51(38-34-45)59(49-23-9-3-10-24-49)57-53-27-15-16-28-54(53)58(56-42-48-22-14-13-21-47(48)41-55(56)57)60(50-25-11-4-12-26-50)52-39-35-46(36-40-52)32-30-44-19-7-2-8-20-44/h1-42H. The molecular weight excluding hydrogens is 725 g/mol. The Balaban J connectivity index is 1.20. The first kappa shape index (κ1) is 36.4. The molecule has 10 rings (SSSR count). The molecule has 0 saturated heterocycles. The highest BCUT2D eigenvalue weighted by Gasteiger charge is 2.25. The molecule has 0 N–H and O–H groups in total. The summed E-state index contributed by atoms with van der Waals surface area (Å²) < 4.78 is 0. The zero-order chi connectivity index (χ0) is 40.1. The monoisotopic (exact) mass is 766 g/mol. The van der Waals surface area contributed by atoms with Crippen molar-refractivity contribution in [3.05, 3.63) is 253 Å². The summed E-state index contributed by atoms with van der Waals surface area (Å²) in [5.41, 5.74) is 11.3. The maximum absolute atomic E-state index is 2.44. The molecule has 0 aliphatic heterocycles. The van der Waals surface area contributed by atoms with Gasteiger partial charge < -0.3 is 9.80 Å². The normalized spacial score (nSPS) is 11.5. The second-order valence-electron chi connectivity index (χ2n) is 15.0. The van der Waals surface area contributed by atoms with Crippen molar-refractivity contribution in [1.29, 1.82) is 0 Å². The third-order valence-electron chi connectivity index (χ3n) is 11.1. The van der Waals surface area contributed by atoms with Crippen LogP contribution in [0.15, 0.2) is 231 Å². The molecule has 0 aliphatic carbocycles. The van der Waals surface area contributed by atoms with Crippen LogP contribution in [-0.4, -0.2) is 0 Å². The van der Waals surface area contributed by atoms with Gasteiger partial charge in [0.15, 0.2) is 0 Å². The quantitative estimate of drug-likeness (QED) is 0.0777. The number of hydrogen-bond acceptors (Lipinski definition) is 2. The average Bonchev–Trinajstić information content (AvgIpc) is 3.32. The molecule has 0 aliphatic rings. The second kappa shape index (κ2) is 16.5. The van der Waals surface area contributed by atoms with Gasteiger partial charge in [-0.2, -0.15) is 0 Å². The van der Waals surface area contributed by atoms with E-state index in [4.69, 9.17) is 0 Å². The SMILES string of the molecule is C(=Cc1ccc(N(c2ccccc2)c2c3ccccc3c(N(c3ccccc3)c3ccc(C=Cc4ccccc4)cc3)c3cc4ccccc4cc23)cc1)c1ccccc1. The van der Waals surface area contributed by atoms with E-state index in [-0.39, 0.29) is 0 Å². The lowest BCUT2D eigenvalue weighted by Crippen LogP contribution is -2.14. The predicted molar refractivity (Wildman–Crippen MR) is 259 cm³/mol. The van der Waals surface area contributed by atoms with E-state index in [0.29, 0.717) is 0 Å². The fourth-order valence-corrected chi connectivity index (χ4v) is 8.25. The summed E-state index contributed by atoms with van der Waals surface area (Å²) in [4.78, 5) is 4.88. The molecule has 0 radical (unpaired) electrons. The van der Waals surface area contributed by atoms with Crippen LogP contribution in [-0.2, 0) is 0 Å². The van der Waals surface area contributed by atoms with Crippen LogP contribution in [0.4, 0.5) is 34.1 Å². The van der Waals surface area contributed by atoms with Crippen molar-refractivity contribution in [2.24, 2.45) is 0 Å². The molecule has 0 aromatic heterocycles. The number of anilines is 6. The van der Waals surface area contributed by atoms with Gasteiger partial charge in [0.2, 0.25) is 0 Å². The van der Waals surface area contributed by atoms with Crippen molar-refractivity contribution in [2.45, 2.75) is 0 Å². The largest absolute Gasteiger partial charge is 0.309 e. The van der Waals surface area contributed by atoms with Crippen LogP contribution < -0.4 is 9.80 Å². The predicted octanol–water partition coefficient (Wildman–Crippen LogP) is 16.4. The molecule has 60 heavy (non-hydrogen) atoms. The minimum Gasteiger partial charge on any atom is -0.309 e. The highest BCUT2D eigenvalue weighted by Crippen LogP contribution is 2.51. The topological polar surface area (TPSA) is 6.48 Å². The average molecular weight is 767 g/mol. The lowest BCUT2D eigenvalue weighted by Gasteiger charge is -2.33. The van der Waals surface area contributed by atoms with Crippen LogP contribution in [0.1, 0.15) is 22.3 Å². The molecule has 0 heterocycles. The summed E-state index contributed by atoms with van der Waals surface area (Å²) in [6.07, 6.45) is 8.70. The van der Waals surface area contributed by atoms with Gasteiger partial charge in [0.05, 0.1) is 11.4 Å². The summed E-state index contributed by atoms with van der Waals surface area (Å²) in [6, 6.07) is 82.7. The van der Waals surface area contributed by atoms with Gasteiger partial charge in [0.1, 0.15) is 0 Å². The number of nitrogens with zero attached hydrogens (tertiary/aromatic N) is 2. The molecular formula is C58H42N2. The number of rotatable bonds is 10. The van der Waals surface area contributed by atoms with Crippen molar-refractivity contribution in [3.63, 3.8) is 0 Å². The zero-order valence-electron chi connectivity index (χ0n) is 33.1. The molecule has 284 valence electrons. The van der Waals surface area contributed by atoms with Gasteiger partial charge in [-0.3, -0.25) is 0 Å². The molecule has 10 aromatic carbocycles. The third-order valence-corrected chi connectivity index (χ3v) is 11.1. The van der Waals surface area contributed by atoms with Crippen molar-refractivity contribution in [1.82, 2.24) is 0 Å². The highest BCUT2D eigenvalue weighted by molar-refractivity contribution is 6.25. The van der Waals surface area contributed by atoms with Gasteiger partial charge in [-0.15, -0.1) is 0 Å². The van der Waals surface area contributed by atoms with Crippen molar-refractivity contribution < 1.29 is 0 Å². The van der Waals surface area contributed by atoms with Crippen LogP contribution in [0.25, 0.3) is 56.6 Å². The number of hydrogen-bond donors (Lipinski definition) is 0. The number of benzene rings is 10. The summed E-state index contributed by atoms with van der Waals surface area (Å²) in [5.74, 6) is 0. The van der Waals surface area contributed by atoms with Crippen LogP contribution in [0.5, 0.6) is 0 Å². The Morgan fingerprint density at radius 1 is 0.233 bits per heavy atom. The van der Waals surface area contributed by atoms with E-state index in [1.165, 1.54) is 32.7 Å². The molecule has 0 unspecified atom stereocenters. The summed E-state index contributed by atoms with van der Waals surface area (Å²) in [7, 11) is 0. The maximum Gasteiger partial charge on any atom is 0.0620 e. The van der Waals surface area contributed by atoms with Gasteiger partial charge in [0, 0.05) is 44.3 Å². The first-order valence-corrected chi connectivity index (χ1v) is 20.5. The second-order valence-corrected chi connectivity index (χ2v) is 15.0. The van der Waals surface area contributed by atoms with E-state index in [1.54, 1.807) is 0 Å². The maximum atomic E-state index is 2.44. The lowest BCUT2D eigenvalue weighted by molar-refractivity contribution is 1.29. The molecule has 2 heteroatoms. The van der Waals surface area contributed by atoms with Gasteiger partial charge in [-0.05, 0) is 93.7 Å². The number of fused-ring (bicyclic) bond motifs is 3. The fraction of sp³-hybridized carbons (Fsp3) is 0. The zero-order valence-corrected chi connectivity index (χ0v) is 33.1. The molecule has 0 fully saturated rings. The van der Waals surface area contributed by atoms with E-state index < -0.39 is 0 Å². The van der Waals surface area contributed by atoms with Crippen molar-refractivity contribution in [2.75, 3.05) is 9.80 Å². The molecule has 0 bridgehead atoms. The number of para-hydroxylation sites is 2. The Bertz CT molecular complexity index is 2890. The molecule has 0 saturated carbocycles. The summed E-state index contributed by atoms with van der Waals surface area (Å²) in [5, 5.41) is 7.06. The Hall–Kier alpha value is -7.94. The molecule has 0 amide bonds. The molecule has 0 spiro atoms. The van der Waals surface area contributed by atoms with E-state index in [2.05, 4.69) is 265 Å². The first-order valence-electron chi connectivity index (χ1n) is 20.5. The smallest absolute Gasteiger partial charge is 0.0620 e. The van der Waals surface area contributed by atoms with Crippen LogP contribution in [0.2, 0.25) is 0 Å². The van der Waals surface area contributed by atoms with E-state index in [1.807, 2.05) is 0 Å². The molecule has 2 nitrogen and oxygen atoms in total. The Labute approximate surface area is 351 Å². The van der Waals surface area contributed by atoms with Crippen LogP contribution in [0.3, 0.4) is 0 Å². The summed E-state index contributed by atoms with van der Waals surface area (Å²) in [6.45, 7) is 0. The Kier molecular flexibility index (Phi) is 10.0. The first-order chi connectivity index (χ1) is 29.8. The molecule has 0 atom stereocenters. The minimum atomic E-state index is 1.09. The minimum absolute atomic E-state index is 1.09. The van der Waals surface area contributed by atoms with Gasteiger partial charge in [0.25, 0.3) is 0 Å². The summed E-state index contributed by atoms with van der Waals surface area (Å²) >= 11 is 0.